The van der Waals surface area contributed by atoms with E-state index < -0.39 is 0 Å². The van der Waals surface area contributed by atoms with Gasteiger partial charge in [-0.2, -0.15) is 9.97 Å². The Labute approximate surface area is 287 Å². The van der Waals surface area contributed by atoms with Gasteiger partial charge in [-0.1, -0.05) is 0 Å². The number of nitrogens with zero attached hydrogens (tertiary/aromatic N) is 8. The minimum absolute atomic E-state index is 0.198. The molecule has 16 heteroatoms. The van der Waals surface area contributed by atoms with Crippen molar-refractivity contribution in [3.63, 3.8) is 0 Å². The van der Waals surface area contributed by atoms with Crippen LogP contribution in [0.2, 0.25) is 0 Å². The Morgan fingerprint density at radius 2 is 0.820 bits per heavy atom. The molecule has 50 heavy (non-hydrogen) atoms. The lowest BCUT2D eigenvalue weighted by Crippen LogP contribution is -2.41. The predicted octanol–water partition coefficient (Wildman–Crippen LogP) is 1.09. The van der Waals surface area contributed by atoms with E-state index in [2.05, 4.69) is 29.7 Å². The summed E-state index contributed by atoms with van der Waals surface area (Å²) >= 11 is 0. The summed E-state index contributed by atoms with van der Waals surface area (Å²) in [5.74, 6) is 3.36. The molecular weight excluding hydrogens is 644 g/mol. The van der Waals surface area contributed by atoms with Gasteiger partial charge in [-0.25, -0.2) is 9.59 Å². The number of anilines is 2. The third kappa shape index (κ3) is 6.43. The molecule has 4 aromatic rings. The molecule has 6 heterocycles. The third-order valence-electron chi connectivity index (χ3n) is 10.9. The molecule has 0 aromatic carbocycles. The van der Waals surface area contributed by atoms with Gasteiger partial charge in [0.1, 0.15) is 0 Å². The number of H-pyrrole nitrogens is 2. The summed E-state index contributed by atoms with van der Waals surface area (Å²) in [7, 11) is 0. The number of hydrogen-bond donors (Lipinski definition) is 2. The third-order valence-corrected chi connectivity index (χ3v) is 10.9. The van der Waals surface area contributed by atoms with Crippen molar-refractivity contribution in [2.45, 2.75) is 77.5 Å². The van der Waals surface area contributed by atoms with E-state index in [1.165, 1.54) is 9.13 Å². The standard InChI is InChI=1S/2C17H23N5O3/c2*23-15-13-14(19-16(18-13)20-5-7-25-8-6-20)21(9-11-1-2-11)17(24)22(15)10-12-3-4-12/h2*11-12H,1-10H2,(H,18,19). The van der Waals surface area contributed by atoms with Crippen molar-refractivity contribution < 1.29 is 9.47 Å². The second kappa shape index (κ2) is 12.9. The maximum absolute atomic E-state index is 13.0. The minimum Gasteiger partial charge on any atom is -0.378 e. The first kappa shape index (κ1) is 31.8. The summed E-state index contributed by atoms with van der Waals surface area (Å²) in [6.45, 7) is 7.94. The molecule has 2 saturated heterocycles. The molecule has 10 rings (SSSR count). The van der Waals surface area contributed by atoms with Crippen LogP contribution in [0, 0.1) is 23.7 Å². The van der Waals surface area contributed by atoms with Crippen LogP contribution >= 0.6 is 0 Å². The van der Waals surface area contributed by atoms with Crippen molar-refractivity contribution in [3.8, 4) is 0 Å². The van der Waals surface area contributed by atoms with E-state index >= 15 is 0 Å². The first-order valence-corrected chi connectivity index (χ1v) is 18.5. The number of morpholine rings is 2. The van der Waals surface area contributed by atoms with Crippen LogP contribution in [0.4, 0.5) is 11.9 Å². The minimum atomic E-state index is -0.231. The fraction of sp³-hybridized carbons (Fsp3) is 0.706. The zero-order valence-corrected chi connectivity index (χ0v) is 28.5. The smallest absolute Gasteiger partial charge is 0.332 e. The van der Waals surface area contributed by atoms with E-state index in [1.54, 1.807) is 9.13 Å². The number of fused-ring (bicyclic) bond motifs is 2. The monoisotopic (exact) mass is 690 g/mol. The fourth-order valence-corrected chi connectivity index (χ4v) is 7.04. The first-order chi connectivity index (χ1) is 24.4. The van der Waals surface area contributed by atoms with Crippen molar-refractivity contribution in [2.24, 2.45) is 23.7 Å². The highest BCUT2D eigenvalue weighted by molar-refractivity contribution is 5.74. The number of rotatable bonds is 10. The summed E-state index contributed by atoms with van der Waals surface area (Å²) in [4.78, 5) is 71.5. The molecule has 2 N–H and O–H groups in total. The Bertz CT molecular complexity index is 1980. The number of nitrogens with one attached hydrogen (secondary N) is 2. The van der Waals surface area contributed by atoms with Crippen molar-refractivity contribution in [3.05, 3.63) is 41.7 Å². The second-order valence-corrected chi connectivity index (χ2v) is 15.1. The highest BCUT2D eigenvalue weighted by Crippen LogP contribution is 2.33. The number of aromatic nitrogens is 8. The largest absolute Gasteiger partial charge is 0.378 e. The van der Waals surface area contributed by atoms with E-state index in [9.17, 15) is 19.2 Å². The molecule has 4 saturated carbocycles. The van der Waals surface area contributed by atoms with Crippen LogP contribution in [0.3, 0.4) is 0 Å². The fourth-order valence-electron chi connectivity index (χ4n) is 7.04. The molecule has 4 aliphatic carbocycles. The van der Waals surface area contributed by atoms with Crippen LogP contribution in [0.15, 0.2) is 19.2 Å². The molecule has 0 spiro atoms. The summed E-state index contributed by atoms with van der Waals surface area (Å²) in [6, 6.07) is 0. The van der Waals surface area contributed by atoms with Crippen molar-refractivity contribution in [1.29, 1.82) is 0 Å². The molecule has 0 radical (unpaired) electrons. The van der Waals surface area contributed by atoms with Gasteiger partial charge in [0.25, 0.3) is 11.1 Å². The Balaban J connectivity index is 0.000000135. The molecule has 16 nitrogen and oxygen atoms in total. The molecule has 0 atom stereocenters. The Morgan fingerprint density at radius 3 is 1.14 bits per heavy atom. The SMILES string of the molecule is O=c1c2[nH]c(N3CCOCC3)nc2n(CC2CC2)c(=O)n1CC1CC1.O=c1c2[nH]c(N3CCOCC3)nc2n(CC2CC2)c(=O)n1CC1CC1. The zero-order chi connectivity index (χ0) is 33.9. The lowest BCUT2D eigenvalue weighted by molar-refractivity contribution is 0.122. The number of hydrogen-bond acceptors (Lipinski definition) is 10. The molecule has 2 aliphatic heterocycles. The molecule has 0 amide bonds. The molecule has 6 fully saturated rings. The summed E-state index contributed by atoms with van der Waals surface area (Å²) in [5, 5.41) is 0. The first-order valence-electron chi connectivity index (χ1n) is 18.5. The molecular formula is C34H46N10O6. The van der Waals surface area contributed by atoms with Crippen molar-refractivity contribution >= 4 is 34.2 Å². The van der Waals surface area contributed by atoms with Crippen LogP contribution in [0.5, 0.6) is 0 Å². The van der Waals surface area contributed by atoms with Gasteiger partial charge >= 0.3 is 11.4 Å². The zero-order valence-electron chi connectivity index (χ0n) is 28.5. The van der Waals surface area contributed by atoms with E-state index in [0.29, 0.717) is 111 Å². The second-order valence-electron chi connectivity index (χ2n) is 15.1. The van der Waals surface area contributed by atoms with Gasteiger partial charge in [-0.15, -0.1) is 0 Å². The highest BCUT2D eigenvalue weighted by atomic mass is 16.5. The van der Waals surface area contributed by atoms with Crippen LogP contribution < -0.4 is 32.3 Å². The van der Waals surface area contributed by atoms with Crippen LogP contribution in [-0.2, 0) is 35.7 Å². The van der Waals surface area contributed by atoms with E-state index in [-0.39, 0.29) is 22.5 Å². The van der Waals surface area contributed by atoms with Crippen LogP contribution in [0.1, 0.15) is 51.4 Å². The number of imidazole rings is 2. The highest BCUT2D eigenvalue weighted by Gasteiger charge is 2.31. The molecule has 0 unspecified atom stereocenters. The predicted molar refractivity (Wildman–Crippen MR) is 186 cm³/mol. The van der Waals surface area contributed by atoms with Crippen molar-refractivity contribution in [2.75, 3.05) is 62.4 Å². The molecule has 6 aliphatic rings. The van der Waals surface area contributed by atoms with Gasteiger partial charge in [-0.3, -0.25) is 27.9 Å². The average molecular weight is 691 g/mol. The maximum atomic E-state index is 13.0. The van der Waals surface area contributed by atoms with Gasteiger partial charge in [0, 0.05) is 52.4 Å². The Hall–Kier alpha value is -4.18. The van der Waals surface area contributed by atoms with Crippen LogP contribution in [0.25, 0.3) is 22.3 Å². The van der Waals surface area contributed by atoms with Gasteiger partial charge in [0.2, 0.25) is 11.9 Å². The summed E-state index contributed by atoms with van der Waals surface area (Å²) in [5.41, 5.74) is 1.08. The Morgan fingerprint density at radius 1 is 0.500 bits per heavy atom. The van der Waals surface area contributed by atoms with Gasteiger partial charge in [0.05, 0.1) is 26.4 Å². The topological polar surface area (TPSA) is 170 Å². The molecule has 0 bridgehead atoms. The normalized spacial score (nSPS) is 21.2. The lowest BCUT2D eigenvalue weighted by Gasteiger charge is -2.25. The van der Waals surface area contributed by atoms with Gasteiger partial charge in [0.15, 0.2) is 22.3 Å². The van der Waals surface area contributed by atoms with Crippen molar-refractivity contribution in [1.82, 2.24) is 38.2 Å². The van der Waals surface area contributed by atoms with E-state index in [4.69, 9.17) is 9.47 Å². The summed E-state index contributed by atoms with van der Waals surface area (Å²) < 4.78 is 17.1. The molecule has 268 valence electrons. The van der Waals surface area contributed by atoms with Gasteiger partial charge < -0.3 is 29.2 Å². The van der Waals surface area contributed by atoms with E-state index in [1.807, 2.05) is 0 Å². The van der Waals surface area contributed by atoms with Gasteiger partial charge in [-0.05, 0) is 75.0 Å². The number of ether oxygens (including phenoxy) is 2. The number of aromatic amines is 2. The molecule has 4 aromatic heterocycles. The summed E-state index contributed by atoms with van der Waals surface area (Å²) in [6.07, 6.45) is 9.02. The average Bonchev–Trinajstić information content (AvgIpc) is 3.91. The Kier molecular flexibility index (Phi) is 8.17. The lowest BCUT2D eigenvalue weighted by atomic mass is 10.3. The quantitative estimate of drug-likeness (QED) is 0.246. The van der Waals surface area contributed by atoms with E-state index in [0.717, 1.165) is 77.5 Å². The van der Waals surface area contributed by atoms with Crippen LogP contribution in [-0.4, -0.2) is 90.8 Å². The maximum Gasteiger partial charge on any atom is 0.332 e.